The van der Waals surface area contributed by atoms with E-state index in [-0.39, 0.29) is 16.9 Å². The van der Waals surface area contributed by atoms with Gasteiger partial charge in [0.25, 0.3) is 9.05 Å². The van der Waals surface area contributed by atoms with Gasteiger partial charge in [-0.3, -0.25) is 0 Å². The SMILES string of the molecule is CC1CCCCC1Oc1ncccc1S(=O)(=O)Cl. The van der Waals surface area contributed by atoms with Gasteiger partial charge in [0.1, 0.15) is 11.0 Å². The second-order valence-electron chi connectivity index (χ2n) is 4.66. The topological polar surface area (TPSA) is 56.3 Å². The summed E-state index contributed by atoms with van der Waals surface area (Å²) >= 11 is 0. The molecule has 18 heavy (non-hydrogen) atoms. The Bertz CT molecular complexity index is 518. The van der Waals surface area contributed by atoms with E-state index in [2.05, 4.69) is 11.9 Å². The third-order valence-electron chi connectivity index (χ3n) is 3.29. The average Bonchev–Trinajstić information content (AvgIpc) is 2.31. The lowest BCUT2D eigenvalue weighted by molar-refractivity contribution is 0.0942. The van der Waals surface area contributed by atoms with E-state index >= 15 is 0 Å². The van der Waals surface area contributed by atoms with E-state index in [0.717, 1.165) is 19.3 Å². The van der Waals surface area contributed by atoms with E-state index in [0.29, 0.717) is 5.92 Å². The molecule has 1 fully saturated rings. The van der Waals surface area contributed by atoms with Gasteiger partial charge in [0.05, 0.1) is 0 Å². The first-order chi connectivity index (χ1) is 8.48. The normalized spacial score (nSPS) is 24.8. The van der Waals surface area contributed by atoms with Crippen LogP contribution in [0.5, 0.6) is 5.88 Å². The second-order valence-corrected chi connectivity index (χ2v) is 7.20. The Kier molecular flexibility index (Phi) is 4.12. The summed E-state index contributed by atoms with van der Waals surface area (Å²) in [5.74, 6) is 0.526. The molecule has 0 bridgehead atoms. The summed E-state index contributed by atoms with van der Waals surface area (Å²) in [6.45, 7) is 2.11. The zero-order valence-electron chi connectivity index (χ0n) is 10.2. The molecule has 4 nitrogen and oxygen atoms in total. The van der Waals surface area contributed by atoms with Crippen LogP contribution < -0.4 is 4.74 Å². The van der Waals surface area contributed by atoms with Gasteiger partial charge in [0.15, 0.2) is 0 Å². The molecule has 1 aliphatic carbocycles. The van der Waals surface area contributed by atoms with Crippen LogP contribution in [0.4, 0.5) is 0 Å². The zero-order chi connectivity index (χ0) is 13.2. The molecule has 0 aromatic carbocycles. The molecule has 0 amide bonds. The number of rotatable bonds is 3. The van der Waals surface area contributed by atoms with Gasteiger partial charge in [0, 0.05) is 16.9 Å². The van der Waals surface area contributed by atoms with Gasteiger partial charge in [0.2, 0.25) is 5.88 Å². The molecule has 1 saturated carbocycles. The number of halogens is 1. The Morgan fingerprint density at radius 3 is 2.78 bits per heavy atom. The van der Waals surface area contributed by atoms with Crippen molar-refractivity contribution in [1.82, 2.24) is 4.98 Å². The first kappa shape index (κ1) is 13.6. The van der Waals surface area contributed by atoms with Crippen LogP contribution in [-0.4, -0.2) is 19.5 Å². The summed E-state index contributed by atoms with van der Waals surface area (Å²) in [6, 6.07) is 2.95. The standard InChI is InChI=1S/C12H16ClNO3S/c1-9-5-2-3-6-10(9)17-12-11(18(13,15)16)7-4-8-14-12/h4,7-10H,2-3,5-6H2,1H3. The molecule has 1 aliphatic rings. The maximum Gasteiger partial charge on any atom is 0.266 e. The molecule has 2 rings (SSSR count). The Morgan fingerprint density at radius 2 is 2.11 bits per heavy atom. The van der Waals surface area contributed by atoms with E-state index in [1.807, 2.05) is 0 Å². The molecule has 0 spiro atoms. The van der Waals surface area contributed by atoms with Crippen molar-refractivity contribution in [2.75, 3.05) is 0 Å². The molecule has 100 valence electrons. The average molecular weight is 290 g/mol. The first-order valence-electron chi connectivity index (χ1n) is 6.05. The maximum atomic E-state index is 11.4. The number of pyridine rings is 1. The van der Waals surface area contributed by atoms with Gasteiger partial charge < -0.3 is 4.74 Å². The van der Waals surface area contributed by atoms with Gasteiger partial charge in [-0.05, 0) is 37.3 Å². The van der Waals surface area contributed by atoms with Crippen LogP contribution in [-0.2, 0) is 9.05 Å². The van der Waals surface area contributed by atoms with Crippen molar-refractivity contribution in [3.05, 3.63) is 18.3 Å². The van der Waals surface area contributed by atoms with Crippen LogP contribution in [0, 0.1) is 5.92 Å². The molecule has 0 saturated heterocycles. The number of hydrogen-bond acceptors (Lipinski definition) is 4. The minimum atomic E-state index is -3.82. The lowest BCUT2D eigenvalue weighted by Gasteiger charge is -2.29. The van der Waals surface area contributed by atoms with Crippen molar-refractivity contribution in [2.24, 2.45) is 5.92 Å². The van der Waals surface area contributed by atoms with Crippen molar-refractivity contribution in [2.45, 2.75) is 43.6 Å². The Labute approximate surface area is 112 Å². The van der Waals surface area contributed by atoms with Crippen molar-refractivity contribution in [1.29, 1.82) is 0 Å². The quantitative estimate of drug-likeness (QED) is 0.803. The molecule has 0 radical (unpaired) electrons. The number of ether oxygens (including phenoxy) is 1. The molecule has 2 atom stereocenters. The molecular formula is C12H16ClNO3S. The second kappa shape index (κ2) is 5.45. The third kappa shape index (κ3) is 3.14. The van der Waals surface area contributed by atoms with Crippen molar-refractivity contribution in [3.63, 3.8) is 0 Å². The van der Waals surface area contributed by atoms with Crippen LogP contribution in [0.2, 0.25) is 0 Å². The summed E-state index contributed by atoms with van der Waals surface area (Å²) < 4.78 is 28.6. The summed E-state index contributed by atoms with van der Waals surface area (Å²) in [7, 11) is 1.55. The summed E-state index contributed by atoms with van der Waals surface area (Å²) in [6.07, 6.45) is 5.86. The zero-order valence-corrected chi connectivity index (χ0v) is 11.7. The molecule has 1 aromatic heterocycles. The Hall–Kier alpha value is -0.810. The van der Waals surface area contributed by atoms with Gasteiger partial charge in [-0.2, -0.15) is 0 Å². The minimum Gasteiger partial charge on any atom is -0.473 e. The van der Waals surface area contributed by atoms with Crippen LogP contribution in [0.3, 0.4) is 0 Å². The fraction of sp³-hybridized carbons (Fsp3) is 0.583. The van der Waals surface area contributed by atoms with E-state index < -0.39 is 9.05 Å². The minimum absolute atomic E-state index is 0.0193. The highest BCUT2D eigenvalue weighted by Crippen LogP contribution is 2.31. The largest absolute Gasteiger partial charge is 0.473 e. The van der Waals surface area contributed by atoms with Crippen molar-refractivity contribution >= 4 is 19.7 Å². The van der Waals surface area contributed by atoms with E-state index in [1.165, 1.54) is 24.8 Å². The number of hydrogen-bond donors (Lipinski definition) is 0. The van der Waals surface area contributed by atoms with Crippen molar-refractivity contribution < 1.29 is 13.2 Å². The molecule has 1 heterocycles. The highest BCUT2D eigenvalue weighted by atomic mass is 35.7. The Balaban J connectivity index is 2.24. The fourth-order valence-corrected chi connectivity index (χ4v) is 3.15. The van der Waals surface area contributed by atoms with Crippen LogP contribution in [0.25, 0.3) is 0 Å². The maximum absolute atomic E-state index is 11.4. The smallest absolute Gasteiger partial charge is 0.266 e. The third-order valence-corrected chi connectivity index (χ3v) is 4.63. The van der Waals surface area contributed by atoms with Crippen molar-refractivity contribution in [3.8, 4) is 5.88 Å². The number of nitrogens with zero attached hydrogens (tertiary/aromatic N) is 1. The van der Waals surface area contributed by atoms with Crippen LogP contribution in [0.15, 0.2) is 23.2 Å². The fourth-order valence-electron chi connectivity index (χ4n) is 2.25. The Morgan fingerprint density at radius 1 is 1.39 bits per heavy atom. The van der Waals surface area contributed by atoms with Gasteiger partial charge in [-0.15, -0.1) is 0 Å². The van der Waals surface area contributed by atoms with Gasteiger partial charge in [-0.1, -0.05) is 13.3 Å². The summed E-state index contributed by atoms with van der Waals surface area (Å²) in [5.41, 5.74) is 0. The van der Waals surface area contributed by atoms with Gasteiger partial charge in [-0.25, -0.2) is 13.4 Å². The molecule has 6 heteroatoms. The van der Waals surface area contributed by atoms with Crippen LogP contribution in [0.1, 0.15) is 32.6 Å². The predicted molar refractivity (Wildman–Crippen MR) is 69.3 cm³/mol. The molecule has 1 aromatic rings. The van der Waals surface area contributed by atoms with E-state index in [1.54, 1.807) is 0 Å². The molecule has 0 N–H and O–H groups in total. The summed E-state index contributed by atoms with van der Waals surface area (Å²) in [5, 5.41) is 0. The first-order valence-corrected chi connectivity index (χ1v) is 8.36. The molecule has 0 aliphatic heterocycles. The lowest BCUT2D eigenvalue weighted by atomic mass is 9.88. The highest BCUT2D eigenvalue weighted by molar-refractivity contribution is 8.13. The monoisotopic (exact) mass is 289 g/mol. The summed E-state index contributed by atoms with van der Waals surface area (Å²) in [4.78, 5) is 3.94. The number of aromatic nitrogens is 1. The molecule has 2 unspecified atom stereocenters. The molecular weight excluding hydrogens is 274 g/mol. The van der Waals surface area contributed by atoms with E-state index in [4.69, 9.17) is 15.4 Å². The van der Waals surface area contributed by atoms with E-state index in [9.17, 15) is 8.42 Å². The van der Waals surface area contributed by atoms with Gasteiger partial charge >= 0.3 is 0 Å². The predicted octanol–water partition coefficient (Wildman–Crippen LogP) is 2.97. The highest BCUT2D eigenvalue weighted by Gasteiger charge is 2.26. The van der Waals surface area contributed by atoms with Crippen LogP contribution >= 0.6 is 10.7 Å². The lowest BCUT2D eigenvalue weighted by Crippen LogP contribution is -2.29.